The largest absolute Gasteiger partial charge is 0.457 e. The number of hydrogen-bond acceptors (Lipinski definition) is 3. The third kappa shape index (κ3) is 5.72. The summed E-state index contributed by atoms with van der Waals surface area (Å²) in [6.07, 6.45) is 2.66. The van der Waals surface area contributed by atoms with Gasteiger partial charge in [-0.1, -0.05) is 11.6 Å². The lowest BCUT2D eigenvalue weighted by Crippen LogP contribution is -2.40. The van der Waals surface area contributed by atoms with E-state index in [1.165, 1.54) is 0 Å². The second-order valence-electron chi connectivity index (χ2n) is 7.83. The molecule has 0 radical (unpaired) electrons. The maximum absolute atomic E-state index is 12.7. The van der Waals surface area contributed by atoms with E-state index in [0.717, 1.165) is 32.4 Å². The van der Waals surface area contributed by atoms with Crippen molar-refractivity contribution in [1.82, 2.24) is 4.90 Å². The summed E-state index contributed by atoms with van der Waals surface area (Å²) < 4.78 is 5.77. The number of hydrogen-bond donors (Lipinski definition) is 1. The first-order valence-corrected chi connectivity index (χ1v) is 9.73. The van der Waals surface area contributed by atoms with Crippen LogP contribution in [-0.4, -0.2) is 34.6 Å². The molecule has 0 atom stereocenters. The Bertz CT molecular complexity index is 758. The Morgan fingerprint density at radius 2 is 1.59 bits per heavy atom. The van der Waals surface area contributed by atoms with Gasteiger partial charge in [-0.2, -0.15) is 0 Å². The van der Waals surface area contributed by atoms with E-state index >= 15 is 0 Å². The molecule has 2 aromatic carbocycles. The second kappa shape index (κ2) is 8.32. The van der Waals surface area contributed by atoms with Crippen molar-refractivity contribution >= 4 is 17.5 Å². The van der Waals surface area contributed by atoms with Gasteiger partial charge >= 0.3 is 0 Å². The summed E-state index contributed by atoms with van der Waals surface area (Å²) in [5, 5.41) is 10.6. The first-order valence-electron chi connectivity index (χ1n) is 9.35. The highest BCUT2D eigenvalue weighted by atomic mass is 35.5. The minimum atomic E-state index is -0.642. The normalized spacial score (nSPS) is 15.6. The van der Waals surface area contributed by atoms with Gasteiger partial charge in [-0.15, -0.1) is 0 Å². The SMILES string of the molecule is CC(C)(O)CC1CCN(C(=O)c2ccc(Oc3ccc(Cl)cc3)cc2)CC1. The highest BCUT2D eigenvalue weighted by Crippen LogP contribution is 2.28. The molecule has 1 fully saturated rings. The van der Waals surface area contributed by atoms with Crippen LogP contribution in [0.3, 0.4) is 0 Å². The third-order valence-electron chi connectivity index (χ3n) is 4.84. The average molecular weight is 388 g/mol. The van der Waals surface area contributed by atoms with Crippen molar-refractivity contribution in [3.63, 3.8) is 0 Å². The summed E-state index contributed by atoms with van der Waals surface area (Å²) in [5.74, 6) is 1.91. The van der Waals surface area contributed by atoms with Crippen LogP contribution in [0.5, 0.6) is 11.5 Å². The molecular weight excluding hydrogens is 362 g/mol. The van der Waals surface area contributed by atoms with E-state index in [9.17, 15) is 9.90 Å². The highest BCUT2D eigenvalue weighted by molar-refractivity contribution is 6.30. The van der Waals surface area contributed by atoms with Crippen LogP contribution < -0.4 is 4.74 Å². The van der Waals surface area contributed by atoms with Crippen LogP contribution in [-0.2, 0) is 0 Å². The molecule has 27 heavy (non-hydrogen) atoms. The minimum Gasteiger partial charge on any atom is -0.457 e. The molecule has 1 aliphatic heterocycles. The number of halogens is 1. The monoisotopic (exact) mass is 387 g/mol. The number of ether oxygens (including phenoxy) is 1. The molecule has 1 heterocycles. The number of amides is 1. The standard InChI is InChI=1S/C22H26ClNO3/c1-22(2,26)15-16-11-13-24(14-12-16)21(25)17-3-7-19(8-4-17)27-20-9-5-18(23)6-10-20/h3-10,16,26H,11-15H2,1-2H3. The molecule has 2 aromatic rings. The van der Waals surface area contributed by atoms with E-state index in [0.29, 0.717) is 28.0 Å². The second-order valence-corrected chi connectivity index (χ2v) is 8.27. The Morgan fingerprint density at radius 1 is 1.07 bits per heavy atom. The Kier molecular flexibility index (Phi) is 6.08. The van der Waals surface area contributed by atoms with Crippen molar-refractivity contribution in [3.8, 4) is 11.5 Å². The number of likely N-dealkylation sites (tertiary alicyclic amines) is 1. The highest BCUT2D eigenvalue weighted by Gasteiger charge is 2.27. The molecule has 0 saturated carbocycles. The van der Waals surface area contributed by atoms with Crippen LogP contribution in [0.1, 0.15) is 43.5 Å². The van der Waals surface area contributed by atoms with Gasteiger partial charge in [0.15, 0.2) is 0 Å². The smallest absolute Gasteiger partial charge is 0.253 e. The van der Waals surface area contributed by atoms with Crippen molar-refractivity contribution in [2.75, 3.05) is 13.1 Å². The number of piperidine rings is 1. The van der Waals surface area contributed by atoms with Crippen LogP contribution in [0.2, 0.25) is 5.02 Å². The van der Waals surface area contributed by atoms with E-state index in [1.807, 2.05) is 30.9 Å². The minimum absolute atomic E-state index is 0.0507. The summed E-state index contributed by atoms with van der Waals surface area (Å²) in [5.41, 5.74) is 0.0240. The quantitative estimate of drug-likeness (QED) is 0.772. The number of carbonyl (C=O) groups excluding carboxylic acids is 1. The predicted octanol–water partition coefficient (Wildman–Crippen LogP) is 5.15. The lowest BCUT2D eigenvalue weighted by atomic mass is 9.86. The van der Waals surface area contributed by atoms with Gasteiger partial charge in [0.2, 0.25) is 0 Å². The first-order chi connectivity index (χ1) is 12.8. The number of rotatable bonds is 5. The topological polar surface area (TPSA) is 49.8 Å². The number of nitrogens with zero attached hydrogens (tertiary/aromatic N) is 1. The average Bonchev–Trinajstić information content (AvgIpc) is 2.63. The van der Waals surface area contributed by atoms with Gasteiger partial charge in [0, 0.05) is 23.7 Å². The van der Waals surface area contributed by atoms with Crippen LogP contribution in [0.4, 0.5) is 0 Å². The van der Waals surface area contributed by atoms with Gasteiger partial charge in [-0.25, -0.2) is 0 Å². The van der Waals surface area contributed by atoms with E-state index in [1.54, 1.807) is 36.4 Å². The Morgan fingerprint density at radius 3 is 2.11 bits per heavy atom. The van der Waals surface area contributed by atoms with E-state index in [2.05, 4.69) is 0 Å². The van der Waals surface area contributed by atoms with Crippen LogP contribution in [0.15, 0.2) is 48.5 Å². The zero-order valence-corrected chi connectivity index (χ0v) is 16.6. The molecule has 0 spiro atoms. The first kappa shape index (κ1) is 19.7. The Hall–Kier alpha value is -2.04. The van der Waals surface area contributed by atoms with Crippen LogP contribution in [0.25, 0.3) is 0 Å². The number of benzene rings is 2. The molecule has 1 saturated heterocycles. The number of carbonyl (C=O) groups is 1. The van der Waals surface area contributed by atoms with Gasteiger partial charge in [0.25, 0.3) is 5.91 Å². The van der Waals surface area contributed by atoms with Gasteiger partial charge in [-0.05, 0) is 87.6 Å². The van der Waals surface area contributed by atoms with Crippen LogP contribution >= 0.6 is 11.6 Å². The van der Waals surface area contributed by atoms with Crippen molar-refractivity contribution in [2.45, 2.75) is 38.7 Å². The molecule has 4 nitrogen and oxygen atoms in total. The molecular formula is C22H26ClNO3. The fraction of sp³-hybridized carbons (Fsp3) is 0.409. The Labute approximate surface area is 165 Å². The third-order valence-corrected chi connectivity index (χ3v) is 5.09. The lowest BCUT2D eigenvalue weighted by Gasteiger charge is -2.34. The molecule has 1 amide bonds. The van der Waals surface area contributed by atoms with E-state index in [-0.39, 0.29) is 5.91 Å². The van der Waals surface area contributed by atoms with Crippen molar-refractivity contribution in [3.05, 3.63) is 59.1 Å². The van der Waals surface area contributed by atoms with Gasteiger partial charge in [0.05, 0.1) is 5.60 Å². The fourth-order valence-corrected chi connectivity index (χ4v) is 3.66. The molecule has 3 rings (SSSR count). The Balaban J connectivity index is 1.55. The molecule has 0 bridgehead atoms. The zero-order chi connectivity index (χ0) is 19.4. The van der Waals surface area contributed by atoms with Gasteiger partial charge in [0.1, 0.15) is 11.5 Å². The molecule has 5 heteroatoms. The van der Waals surface area contributed by atoms with Gasteiger partial charge < -0.3 is 14.7 Å². The summed E-state index contributed by atoms with van der Waals surface area (Å²) in [6, 6.07) is 14.4. The molecule has 1 N–H and O–H groups in total. The van der Waals surface area contributed by atoms with E-state index < -0.39 is 5.60 Å². The summed E-state index contributed by atoms with van der Waals surface area (Å²) in [6.45, 7) is 5.17. The van der Waals surface area contributed by atoms with Crippen LogP contribution in [0, 0.1) is 5.92 Å². The zero-order valence-electron chi connectivity index (χ0n) is 15.8. The molecule has 0 aliphatic carbocycles. The van der Waals surface area contributed by atoms with E-state index in [4.69, 9.17) is 16.3 Å². The molecule has 1 aliphatic rings. The maximum Gasteiger partial charge on any atom is 0.253 e. The van der Waals surface area contributed by atoms with Crippen molar-refractivity contribution in [1.29, 1.82) is 0 Å². The fourth-order valence-electron chi connectivity index (χ4n) is 3.53. The van der Waals surface area contributed by atoms with Crippen molar-refractivity contribution < 1.29 is 14.6 Å². The predicted molar refractivity (Wildman–Crippen MR) is 108 cm³/mol. The van der Waals surface area contributed by atoms with Gasteiger partial charge in [-0.3, -0.25) is 4.79 Å². The summed E-state index contributed by atoms with van der Waals surface area (Å²) >= 11 is 5.87. The van der Waals surface area contributed by atoms with Crippen molar-refractivity contribution in [2.24, 2.45) is 5.92 Å². The molecule has 0 aromatic heterocycles. The lowest BCUT2D eigenvalue weighted by molar-refractivity contribution is 0.0358. The molecule has 0 unspecified atom stereocenters. The summed E-state index contributed by atoms with van der Waals surface area (Å²) in [7, 11) is 0. The molecule has 144 valence electrons. The summed E-state index contributed by atoms with van der Waals surface area (Å²) in [4.78, 5) is 14.6. The maximum atomic E-state index is 12.7. The number of aliphatic hydroxyl groups is 1.